The van der Waals surface area contributed by atoms with Gasteiger partial charge >= 0.3 is 0 Å². The Kier molecular flexibility index (Phi) is 8.69. The average Bonchev–Trinajstić information content (AvgIpc) is 3.04. The second kappa shape index (κ2) is 9.72. The van der Waals surface area contributed by atoms with Crippen molar-refractivity contribution in [2.24, 2.45) is 0 Å². The van der Waals surface area contributed by atoms with E-state index in [0.717, 1.165) is 31.9 Å². The molecular formula is C16H21Cl3N2OS. The molecule has 0 bridgehead atoms. The molecule has 1 N–H and O–H groups in total. The van der Waals surface area contributed by atoms with E-state index >= 15 is 0 Å². The molecule has 7 heteroatoms. The molecule has 0 saturated carbocycles. The number of methoxy groups -OCH3 is 1. The van der Waals surface area contributed by atoms with Crippen LogP contribution in [0.4, 0.5) is 0 Å². The lowest BCUT2D eigenvalue weighted by molar-refractivity contribution is 0.200. The molecule has 1 aliphatic heterocycles. The van der Waals surface area contributed by atoms with E-state index in [0.29, 0.717) is 5.02 Å². The van der Waals surface area contributed by atoms with Crippen LogP contribution in [0.25, 0.3) is 0 Å². The minimum atomic E-state index is 0. The fraction of sp³-hybridized carbons (Fsp3) is 0.375. The third-order valence-corrected chi connectivity index (χ3v) is 5.06. The molecule has 0 radical (unpaired) electrons. The Morgan fingerprint density at radius 1 is 1.22 bits per heavy atom. The van der Waals surface area contributed by atoms with E-state index in [1.54, 1.807) is 18.4 Å². The molecule has 0 aliphatic carbocycles. The van der Waals surface area contributed by atoms with E-state index in [-0.39, 0.29) is 30.9 Å². The molecule has 3 nitrogen and oxygen atoms in total. The largest absolute Gasteiger partial charge is 0.495 e. The number of ether oxygens (including phenoxy) is 1. The third-order valence-electron chi connectivity index (χ3n) is 3.82. The van der Waals surface area contributed by atoms with Crippen LogP contribution in [0.5, 0.6) is 5.75 Å². The fourth-order valence-electron chi connectivity index (χ4n) is 2.79. The van der Waals surface area contributed by atoms with Gasteiger partial charge in [-0.1, -0.05) is 23.7 Å². The van der Waals surface area contributed by atoms with Crippen LogP contribution >= 0.6 is 47.8 Å². The van der Waals surface area contributed by atoms with Crippen LogP contribution in [0.15, 0.2) is 35.7 Å². The highest BCUT2D eigenvalue weighted by atomic mass is 35.5. The van der Waals surface area contributed by atoms with Crippen molar-refractivity contribution in [1.29, 1.82) is 0 Å². The zero-order valence-corrected chi connectivity index (χ0v) is 16.0. The third kappa shape index (κ3) is 4.75. The van der Waals surface area contributed by atoms with Crippen LogP contribution in [0.1, 0.15) is 16.5 Å². The van der Waals surface area contributed by atoms with Gasteiger partial charge < -0.3 is 10.1 Å². The van der Waals surface area contributed by atoms with E-state index in [2.05, 4.69) is 39.9 Å². The molecule has 128 valence electrons. The second-order valence-corrected chi connectivity index (χ2v) is 6.48. The molecule has 3 rings (SSSR count). The summed E-state index contributed by atoms with van der Waals surface area (Å²) in [6.45, 7) is 4.17. The van der Waals surface area contributed by atoms with Gasteiger partial charge in [0.05, 0.1) is 18.2 Å². The summed E-state index contributed by atoms with van der Waals surface area (Å²) in [5.74, 6) is 0.742. The lowest BCUT2D eigenvalue weighted by atomic mass is 10.0. The molecule has 2 heterocycles. The number of hydrogen-bond acceptors (Lipinski definition) is 4. The topological polar surface area (TPSA) is 24.5 Å². The zero-order valence-electron chi connectivity index (χ0n) is 12.8. The lowest BCUT2D eigenvalue weighted by Crippen LogP contribution is -2.45. The quantitative estimate of drug-likeness (QED) is 0.837. The van der Waals surface area contributed by atoms with Gasteiger partial charge in [0.15, 0.2) is 0 Å². The highest BCUT2D eigenvalue weighted by Gasteiger charge is 2.25. The van der Waals surface area contributed by atoms with Crippen molar-refractivity contribution in [2.75, 3.05) is 33.3 Å². The van der Waals surface area contributed by atoms with Crippen LogP contribution in [-0.4, -0.2) is 38.2 Å². The first-order valence-electron chi connectivity index (χ1n) is 7.11. The van der Waals surface area contributed by atoms with Crippen molar-refractivity contribution in [3.05, 3.63) is 51.2 Å². The van der Waals surface area contributed by atoms with Crippen LogP contribution < -0.4 is 10.1 Å². The molecule has 0 unspecified atom stereocenters. The number of piperazine rings is 1. The van der Waals surface area contributed by atoms with Gasteiger partial charge in [0.2, 0.25) is 0 Å². The van der Waals surface area contributed by atoms with Crippen LogP contribution in [0.3, 0.4) is 0 Å². The SMILES string of the molecule is COc1cc([C@H](c2cccs2)N2CCNCC2)ccc1Cl.Cl.Cl. The van der Waals surface area contributed by atoms with Crippen molar-refractivity contribution in [2.45, 2.75) is 6.04 Å². The predicted octanol–water partition coefficient (Wildman–Crippen LogP) is 4.25. The average molecular weight is 396 g/mol. The van der Waals surface area contributed by atoms with Crippen molar-refractivity contribution in [3.63, 3.8) is 0 Å². The van der Waals surface area contributed by atoms with Gasteiger partial charge in [-0.15, -0.1) is 36.2 Å². The summed E-state index contributed by atoms with van der Waals surface area (Å²) in [6.07, 6.45) is 0. The molecule has 2 aromatic rings. The van der Waals surface area contributed by atoms with E-state index in [9.17, 15) is 0 Å². The normalized spacial score (nSPS) is 16.1. The van der Waals surface area contributed by atoms with Crippen LogP contribution in [0.2, 0.25) is 5.02 Å². The minimum absolute atomic E-state index is 0. The van der Waals surface area contributed by atoms with Gasteiger partial charge in [0, 0.05) is 31.1 Å². The van der Waals surface area contributed by atoms with Gasteiger partial charge in [-0.25, -0.2) is 0 Å². The van der Waals surface area contributed by atoms with Crippen molar-refractivity contribution >= 4 is 47.8 Å². The van der Waals surface area contributed by atoms with Gasteiger partial charge in [0.1, 0.15) is 5.75 Å². The maximum absolute atomic E-state index is 6.17. The Balaban J connectivity index is 0.00000132. The molecule has 0 spiro atoms. The Morgan fingerprint density at radius 2 is 1.96 bits per heavy atom. The van der Waals surface area contributed by atoms with E-state index < -0.39 is 0 Å². The smallest absolute Gasteiger partial charge is 0.137 e. The molecular weight excluding hydrogens is 375 g/mol. The van der Waals surface area contributed by atoms with E-state index in [4.69, 9.17) is 16.3 Å². The van der Waals surface area contributed by atoms with Gasteiger partial charge in [-0.2, -0.15) is 0 Å². The van der Waals surface area contributed by atoms with Crippen LogP contribution in [-0.2, 0) is 0 Å². The number of nitrogens with one attached hydrogen (secondary N) is 1. The number of benzene rings is 1. The number of rotatable bonds is 4. The molecule has 0 amide bonds. The predicted molar refractivity (Wildman–Crippen MR) is 103 cm³/mol. The second-order valence-electron chi connectivity index (χ2n) is 5.10. The molecule has 23 heavy (non-hydrogen) atoms. The first kappa shape index (κ1) is 20.6. The van der Waals surface area contributed by atoms with Gasteiger partial charge in [-0.05, 0) is 29.1 Å². The van der Waals surface area contributed by atoms with E-state index in [1.807, 2.05) is 6.07 Å². The fourth-order valence-corrected chi connectivity index (χ4v) is 3.87. The molecule has 1 aromatic carbocycles. The van der Waals surface area contributed by atoms with Crippen molar-refractivity contribution < 1.29 is 4.74 Å². The Labute approximate surface area is 158 Å². The summed E-state index contributed by atoms with van der Waals surface area (Å²) in [6, 6.07) is 10.7. The van der Waals surface area contributed by atoms with Gasteiger partial charge in [0.25, 0.3) is 0 Å². The first-order chi connectivity index (χ1) is 10.3. The summed E-state index contributed by atoms with van der Waals surface area (Å²) in [5.41, 5.74) is 1.24. The maximum atomic E-state index is 6.17. The lowest BCUT2D eigenvalue weighted by Gasteiger charge is -2.35. The minimum Gasteiger partial charge on any atom is -0.495 e. The molecule has 1 aliphatic rings. The monoisotopic (exact) mass is 394 g/mol. The molecule has 1 atom stereocenters. The summed E-state index contributed by atoms with van der Waals surface area (Å²) >= 11 is 7.97. The number of nitrogens with zero attached hydrogens (tertiary/aromatic N) is 1. The van der Waals surface area contributed by atoms with Crippen molar-refractivity contribution in [3.8, 4) is 5.75 Å². The highest BCUT2D eigenvalue weighted by molar-refractivity contribution is 7.10. The first-order valence-corrected chi connectivity index (χ1v) is 8.37. The summed E-state index contributed by atoms with van der Waals surface area (Å²) in [7, 11) is 1.66. The maximum Gasteiger partial charge on any atom is 0.137 e. The molecule has 1 aromatic heterocycles. The Bertz CT molecular complexity index is 589. The zero-order chi connectivity index (χ0) is 14.7. The van der Waals surface area contributed by atoms with E-state index in [1.165, 1.54) is 10.4 Å². The van der Waals surface area contributed by atoms with Crippen LogP contribution in [0, 0.1) is 0 Å². The Morgan fingerprint density at radius 3 is 2.57 bits per heavy atom. The Hall–Kier alpha value is -0.490. The summed E-state index contributed by atoms with van der Waals surface area (Å²) in [4.78, 5) is 3.88. The summed E-state index contributed by atoms with van der Waals surface area (Å²) in [5, 5.41) is 6.21. The number of halogens is 3. The summed E-state index contributed by atoms with van der Waals surface area (Å²) < 4.78 is 5.38. The molecule has 1 fully saturated rings. The van der Waals surface area contributed by atoms with Crippen molar-refractivity contribution in [1.82, 2.24) is 10.2 Å². The standard InChI is InChI=1S/C16H19ClN2OS.2ClH/c1-20-14-11-12(4-5-13(14)17)16(15-3-2-10-21-15)19-8-6-18-7-9-19;;/h2-5,10-11,16,18H,6-9H2,1H3;2*1H/t16-;;/m1../s1. The molecule has 1 saturated heterocycles. The van der Waals surface area contributed by atoms with Gasteiger partial charge in [-0.3, -0.25) is 4.90 Å². The number of thiophene rings is 1. The highest BCUT2D eigenvalue weighted by Crippen LogP contribution is 2.35. The number of hydrogen-bond donors (Lipinski definition) is 1.